The van der Waals surface area contributed by atoms with Gasteiger partial charge in [0.25, 0.3) is 0 Å². The maximum atomic E-state index is 5.93. The summed E-state index contributed by atoms with van der Waals surface area (Å²) in [5, 5.41) is 1.18. The molecule has 0 amide bonds. The highest BCUT2D eigenvalue weighted by atomic mass is 35.5. The Morgan fingerprint density at radius 2 is 2.00 bits per heavy atom. The van der Waals surface area contributed by atoms with E-state index in [-0.39, 0.29) is 0 Å². The molecule has 3 aromatic rings. The van der Waals surface area contributed by atoms with E-state index < -0.39 is 0 Å². The van der Waals surface area contributed by atoms with Crippen molar-refractivity contribution < 1.29 is 0 Å². The number of aromatic nitrogens is 2. The van der Waals surface area contributed by atoms with Crippen LogP contribution in [0.3, 0.4) is 0 Å². The number of H-pyrrole nitrogens is 1. The van der Waals surface area contributed by atoms with Crippen molar-refractivity contribution in [1.29, 1.82) is 0 Å². The molecule has 4 rings (SSSR count). The molecule has 25 heavy (non-hydrogen) atoms. The van der Waals surface area contributed by atoms with Crippen molar-refractivity contribution in [3.05, 3.63) is 51.6 Å². The molecule has 4 nitrogen and oxygen atoms in total. The van der Waals surface area contributed by atoms with Gasteiger partial charge in [-0.05, 0) is 24.3 Å². The summed E-state index contributed by atoms with van der Waals surface area (Å²) in [6.07, 6.45) is 3.74. The van der Waals surface area contributed by atoms with Crippen LogP contribution in [0.5, 0.6) is 0 Å². The molecule has 0 atom stereocenters. The Labute approximate surface area is 156 Å². The molecule has 0 aliphatic carbocycles. The Balaban J connectivity index is 1.27. The second kappa shape index (κ2) is 7.59. The van der Waals surface area contributed by atoms with Gasteiger partial charge in [-0.3, -0.25) is 14.8 Å². The predicted octanol–water partition coefficient (Wildman–Crippen LogP) is 3.45. The molecule has 6 heteroatoms. The number of thiophene rings is 1. The van der Waals surface area contributed by atoms with Crippen molar-refractivity contribution in [3.8, 4) is 11.8 Å². The van der Waals surface area contributed by atoms with E-state index in [2.05, 4.69) is 37.7 Å². The highest BCUT2D eigenvalue weighted by Gasteiger charge is 2.16. The van der Waals surface area contributed by atoms with Gasteiger partial charge < -0.3 is 4.98 Å². The molecule has 4 heterocycles. The highest BCUT2D eigenvalue weighted by Crippen LogP contribution is 2.20. The standard InChI is InChI=1S/C19H19ClN4S/c20-19-4-3-17(25-19)2-1-7-23-8-10-24(11-9-23)14-16-12-15-13-21-6-5-18(15)22-16/h3-6,12-13,22H,7-11,14H2. The van der Waals surface area contributed by atoms with Crippen molar-refractivity contribution in [2.24, 2.45) is 0 Å². The molecule has 3 aromatic heterocycles. The maximum Gasteiger partial charge on any atom is 0.0941 e. The second-order valence-corrected chi connectivity index (χ2v) is 7.93. The van der Waals surface area contributed by atoms with Gasteiger partial charge in [-0.2, -0.15) is 0 Å². The molecule has 1 saturated heterocycles. The number of piperazine rings is 1. The number of pyridine rings is 1. The van der Waals surface area contributed by atoms with Crippen LogP contribution in [-0.4, -0.2) is 52.5 Å². The molecule has 0 saturated carbocycles. The Bertz CT molecular complexity index is 879. The number of hydrogen-bond donors (Lipinski definition) is 1. The van der Waals surface area contributed by atoms with Gasteiger partial charge in [0, 0.05) is 61.7 Å². The van der Waals surface area contributed by atoms with Gasteiger partial charge >= 0.3 is 0 Å². The quantitative estimate of drug-likeness (QED) is 0.717. The third kappa shape index (κ3) is 4.23. The summed E-state index contributed by atoms with van der Waals surface area (Å²) in [7, 11) is 0. The molecule has 128 valence electrons. The van der Waals surface area contributed by atoms with Crippen molar-refractivity contribution in [2.45, 2.75) is 6.54 Å². The van der Waals surface area contributed by atoms with Crippen LogP contribution < -0.4 is 0 Å². The summed E-state index contributed by atoms with van der Waals surface area (Å²) >= 11 is 7.46. The summed E-state index contributed by atoms with van der Waals surface area (Å²) in [5.74, 6) is 6.46. The second-order valence-electron chi connectivity index (χ2n) is 6.22. The van der Waals surface area contributed by atoms with Gasteiger partial charge in [0.1, 0.15) is 0 Å². The number of halogens is 1. The smallest absolute Gasteiger partial charge is 0.0941 e. The van der Waals surface area contributed by atoms with Crippen molar-refractivity contribution in [2.75, 3.05) is 32.7 Å². The van der Waals surface area contributed by atoms with Crippen LogP contribution in [0.25, 0.3) is 10.9 Å². The first-order chi connectivity index (χ1) is 12.3. The average molecular weight is 371 g/mol. The number of hydrogen-bond acceptors (Lipinski definition) is 4. The van der Waals surface area contributed by atoms with Gasteiger partial charge in [-0.15, -0.1) is 11.3 Å². The lowest BCUT2D eigenvalue weighted by atomic mass is 10.2. The van der Waals surface area contributed by atoms with E-state index in [1.165, 1.54) is 22.4 Å². The zero-order valence-electron chi connectivity index (χ0n) is 13.8. The predicted molar refractivity (Wildman–Crippen MR) is 104 cm³/mol. The first-order valence-electron chi connectivity index (χ1n) is 8.37. The molecule has 1 aliphatic rings. The lowest BCUT2D eigenvalue weighted by Gasteiger charge is -2.33. The van der Waals surface area contributed by atoms with E-state index in [9.17, 15) is 0 Å². The largest absolute Gasteiger partial charge is 0.357 e. The Hall–Kier alpha value is -1.84. The molecule has 0 aromatic carbocycles. The van der Waals surface area contributed by atoms with E-state index in [1.54, 1.807) is 0 Å². The molecule has 0 unspecified atom stereocenters. The van der Waals surface area contributed by atoms with Crippen LogP contribution >= 0.6 is 22.9 Å². The Morgan fingerprint density at radius 1 is 1.16 bits per heavy atom. The van der Waals surface area contributed by atoms with Crippen LogP contribution in [0.2, 0.25) is 4.34 Å². The van der Waals surface area contributed by atoms with Crippen LogP contribution in [0.15, 0.2) is 36.7 Å². The van der Waals surface area contributed by atoms with Gasteiger partial charge in [0.15, 0.2) is 0 Å². The first kappa shape index (κ1) is 16.6. The number of fused-ring (bicyclic) bond motifs is 1. The third-order valence-electron chi connectivity index (χ3n) is 4.42. The zero-order valence-corrected chi connectivity index (χ0v) is 15.4. The zero-order chi connectivity index (χ0) is 17.1. The number of aromatic amines is 1. The summed E-state index contributed by atoms with van der Waals surface area (Å²) in [4.78, 5) is 13.6. The summed E-state index contributed by atoms with van der Waals surface area (Å²) < 4.78 is 0.797. The first-order valence-corrected chi connectivity index (χ1v) is 9.56. The maximum absolute atomic E-state index is 5.93. The van der Waals surface area contributed by atoms with Gasteiger partial charge in [-0.1, -0.05) is 23.4 Å². The van der Waals surface area contributed by atoms with E-state index in [0.29, 0.717) is 0 Å². The van der Waals surface area contributed by atoms with E-state index in [1.807, 2.05) is 30.6 Å². The molecule has 0 bridgehead atoms. The lowest BCUT2D eigenvalue weighted by molar-refractivity contribution is 0.137. The topological polar surface area (TPSA) is 35.2 Å². The SMILES string of the molecule is Clc1ccc(C#CCN2CCN(Cc3cc4cnccc4[nH]3)CC2)s1. The van der Waals surface area contributed by atoms with Gasteiger partial charge in [-0.25, -0.2) is 0 Å². The van der Waals surface area contributed by atoms with Crippen molar-refractivity contribution in [3.63, 3.8) is 0 Å². The van der Waals surface area contributed by atoms with E-state index >= 15 is 0 Å². The minimum atomic E-state index is 0.797. The molecule has 1 aliphatic heterocycles. The molecule has 1 fully saturated rings. The van der Waals surface area contributed by atoms with E-state index in [4.69, 9.17) is 11.6 Å². The van der Waals surface area contributed by atoms with Gasteiger partial charge in [0.2, 0.25) is 0 Å². The minimum absolute atomic E-state index is 0.797. The number of rotatable bonds is 3. The Morgan fingerprint density at radius 3 is 2.76 bits per heavy atom. The number of nitrogens with zero attached hydrogens (tertiary/aromatic N) is 3. The highest BCUT2D eigenvalue weighted by molar-refractivity contribution is 7.16. The monoisotopic (exact) mass is 370 g/mol. The summed E-state index contributed by atoms with van der Waals surface area (Å²) in [5.41, 5.74) is 2.42. The molecule has 0 radical (unpaired) electrons. The average Bonchev–Trinajstić information content (AvgIpc) is 3.22. The van der Waals surface area contributed by atoms with Crippen LogP contribution in [-0.2, 0) is 6.54 Å². The summed E-state index contributed by atoms with van der Waals surface area (Å²) in [6, 6.07) is 8.10. The van der Waals surface area contributed by atoms with Crippen LogP contribution in [0.1, 0.15) is 10.6 Å². The van der Waals surface area contributed by atoms with Gasteiger partial charge in [0.05, 0.1) is 15.8 Å². The fourth-order valence-corrected chi connectivity index (χ4v) is 4.00. The molecular formula is C19H19ClN4S. The van der Waals surface area contributed by atoms with Crippen molar-refractivity contribution >= 4 is 33.8 Å². The normalized spacial score (nSPS) is 16.0. The fourth-order valence-electron chi connectivity index (χ4n) is 3.08. The molecule has 1 N–H and O–H groups in total. The minimum Gasteiger partial charge on any atom is -0.357 e. The summed E-state index contributed by atoms with van der Waals surface area (Å²) in [6.45, 7) is 6.03. The fraction of sp³-hybridized carbons (Fsp3) is 0.316. The van der Waals surface area contributed by atoms with Crippen molar-refractivity contribution in [1.82, 2.24) is 19.8 Å². The Kier molecular flexibility index (Phi) is 5.04. The molecular weight excluding hydrogens is 352 g/mol. The van der Waals surface area contributed by atoms with E-state index in [0.717, 1.165) is 54.0 Å². The number of nitrogens with one attached hydrogen (secondary N) is 1. The third-order valence-corrected chi connectivity index (χ3v) is 5.57. The van der Waals surface area contributed by atoms with Crippen LogP contribution in [0, 0.1) is 11.8 Å². The lowest BCUT2D eigenvalue weighted by Crippen LogP contribution is -2.45. The molecule has 0 spiro atoms. The van der Waals surface area contributed by atoms with Crippen LogP contribution in [0.4, 0.5) is 0 Å².